The van der Waals surface area contributed by atoms with Gasteiger partial charge in [0.05, 0.1) is 23.1 Å². The third-order valence-corrected chi connectivity index (χ3v) is 4.38. The SMILES string of the molecule is CS(=O)(=O)c1ccc(-c2cncn2-c2ccccc2)cc1. The average molecular weight is 298 g/mol. The summed E-state index contributed by atoms with van der Waals surface area (Å²) >= 11 is 0. The monoisotopic (exact) mass is 298 g/mol. The summed E-state index contributed by atoms with van der Waals surface area (Å²) in [5, 5.41) is 0. The molecule has 0 spiro atoms. The van der Waals surface area contributed by atoms with Crippen LogP contribution in [-0.4, -0.2) is 24.2 Å². The molecule has 0 aliphatic carbocycles. The quantitative estimate of drug-likeness (QED) is 0.747. The summed E-state index contributed by atoms with van der Waals surface area (Å²) in [4.78, 5) is 4.51. The highest BCUT2D eigenvalue weighted by Gasteiger charge is 2.10. The Morgan fingerprint density at radius 3 is 2.24 bits per heavy atom. The molecule has 3 rings (SSSR count). The van der Waals surface area contributed by atoms with Crippen molar-refractivity contribution in [1.29, 1.82) is 0 Å². The number of aromatic nitrogens is 2. The van der Waals surface area contributed by atoms with E-state index in [2.05, 4.69) is 4.98 Å². The third kappa shape index (κ3) is 2.73. The molecule has 0 atom stereocenters. The van der Waals surface area contributed by atoms with Crippen molar-refractivity contribution >= 4 is 9.84 Å². The van der Waals surface area contributed by atoms with E-state index in [9.17, 15) is 8.42 Å². The third-order valence-electron chi connectivity index (χ3n) is 3.25. The molecule has 0 saturated carbocycles. The smallest absolute Gasteiger partial charge is 0.175 e. The Labute approximate surface area is 123 Å². The van der Waals surface area contributed by atoms with Crippen LogP contribution in [0.3, 0.4) is 0 Å². The van der Waals surface area contributed by atoms with Crippen LogP contribution < -0.4 is 0 Å². The molecule has 1 aromatic heterocycles. The molecule has 4 nitrogen and oxygen atoms in total. The van der Waals surface area contributed by atoms with Crippen LogP contribution in [0.15, 0.2) is 72.0 Å². The molecule has 5 heteroatoms. The van der Waals surface area contributed by atoms with E-state index >= 15 is 0 Å². The molecule has 0 radical (unpaired) electrons. The standard InChI is InChI=1S/C16H14N2O2S/c1-21(19,20)15-9-7-13(8-10-15)16-11-17-12-18(16)14-5-3-2-4-6-14/h2-12H,1H3. The van der Waals surface area contributed by atoms with Gasteiger partial charge in [0.1, 0.15) is 0 Å². The molecule has 2 aromatic carbocycles. The minimum Gasteiger partial charge on any atom is -0.299 e. The molecule has 0 fully saturated rings. The van der Waals surface area contributed by atoms with Crippen molar-refractivity contribution in [1.82, 2.24) is 9.55 Å². The lowest BCUT2D eigenvalue weighted by molar-refractivity contribution is 0.602. The van der Waals surface area contributed by atoms with Gasteiger partial charge in [0, 0.05) is 17.5 Å². The van der Waals surface area contributed by atoms with Gasteiger partial charge >= 0.3 is 0 Å². The second-order valence-electron chi connectivity index (χ2n) is 4.78. The van der Waals surface area contributed by atoms with Gasteiger partial charge in [-0.25, -0.2) is 13.4 Å². The highest BCUT2D eigenvalue weighted by molar-refractivity contribution is 7.90. The summed E-state index contributed by atoms with van der Waals surface area (Å²) in [6, 6.07) is 16.7. The van der Waals surface area contributed by atoms with Gasteiger partial charge in [-0.3, -0.25) is 4.57 Å². The Balaban J connectivity index is 2.05. The van der Waals surface area contributed by atoms with Crippen LogP contribution in [-0.2, 0) is 9.84 Å². The zero-order valence-corrected chi connectivity index (χ0v) is 12.3. The molecule has 0 aliphatic heterocycles. The first-order valence-corrected chi connectivity index (χ1v) is 8.33. The first-order valence-electron chi connectivity index (χ1n) is 6.44. The lowest BCUT2D eigenvalue weighted by atomic mass is 10.1. The van der Waals surface area contributed by atoms with Crippen LogP contribution in [0.1, 0.15) is 0 Å². The molecular formula is C16H14N2O2S. The van der Waals surface area contributed by atoms with Crippen molar-refractivity contribution in [2.45, 2.75) is 4.90 Å². The molecular weight excluding hydrogens is 284 g/mol. The molecule has 21 heavy (non-hydrogen) atoms. The first kappa shape index (κ1) is 13.6. The summed E-state index contributed by atoms with van der Waals surface area (Å²) in [5.41, 5.74) is 2.85. The number of hydrogen-bond acceptors (Lipinski definition) is 3. The molecule has 0 saturated heterocycles. The topological polar surface area (TPSA) is 52.0 Å². The van der Waals surface area contributed by atoms with E-state index in [0.717, 1.165) is 16.9 Å². The van der Waals surface area contributed by atoms with E-state index in [1.165, 1.54) is 6.26 Å². The number of rotatable bonds is 3. The van der Waals surface area contributed by atoms with Gasteiger partial charge in [0.2, 0.25) is 0 Å². The van der Waals surface area contributed by atoms with Crippen LogP contribution in [0.25, 0.3) is 16.9 Å². The van der Waals surface area contributed by atoms with Crippen molar-refractivity contribution in [3.63, 3.8) is 0 Å². The second kappa shape index (κ2) is 5.18. The Kier molecular flexibility index (Phi) is 3.35. The number of nitrogens with zero attached hydrogens (tertiary/aromatic N) is 2. The Bertz CT molecular complexity index is 851. The van der Waals surface area contributed by atoms with Gasteiger partial charge in [-0.05, 0) is 24.3 Å². The summed E-state index contributed by atoms with van der Waals surface area (Å²) in [7, 11) is -3.17. The number of benzene rings is 2. The zero-order chi connectivity index (χ0) is 14.9. The minimum atomic E-state index is -3.17. The Morgan fingerprint density at radius 1 is 0.952 bits per heavy atom. The highest BCUT2D eigenvalue weighted by atomic mass is 32.2. The van der Waals surface area contributed by atoms with Crippen molar-refractivity contribution in [3.05, 3.63) is 67.1 Å². The van der Waals surface area contributed by atoms with Crippen molar-refractivity contribution < 1.29 is 8.42 Å². The van der Waals surface area contributed by atoms with Crippen LogP contribution in [0, 0.1) is 0 Å². The van der Waals surface area contributed by atoms with Crippen LogP contribution in [0.2, 0.25) is 0 Å². The van der Waals surface area contributed by atoms with Gasteiger partial charge < -0.3 is 0 Å². The maximum Gasteiger partial charge on any atom is 0.175 e. The Morgan fingerprint density at radius 2 is 1.62 bits per heavy atom. The fourth-order valence-corrected chi connectivity index (χ4v) is 2.81. The second-order valence-corrected chi connectivity index (χ2v) is 6.80. The molecule has 0 amide bonds. The highest BCUT2D eigenvalue weighted by Crippen LogP contribution is 2.23. The summed E-state index contributed by atoms with van der Waals surface area (Å²) in [6.45, 7) is 0. The van der Waals surface area contributed by atoms with E-state index in [0.29, 0.717) is 4.90 Å². The lowest BCUT2D eigenvalue weighted by Crippen LogP contribution is -1.98. The maximum atomic E-state index is 11.5. The van der Waals surface area contributed by atoms with Crippen LogP contribution in [0.5, 0.6) is 0 Å². The molecule has 0 unspecified atom stereocenters. The largest absolute Gasteiger partial charge is 0.299 e. The molecule has 3 aromatic rings. The number of para-hydroxylation sites is 1. The number of sulfone groups is 1. The van der Waals surface area contributed by atoms with E-state index < -0.39 is 9.84 Å². The minimum absolute atomic E-state index is 0.317. The maximum absolute atomic E-state index is 11.5. The van der Waals surface area contributed by atoms with E-state index in [1.54, 1.807) is 36.8 Å². The lowest BCUT2D eigenvalue weighted by Gasteiger charge is -2.08. The fourth-order valence-electron chi connectivity index (χ4n) is 2.18. The molecule has 106 valence electrons. The van der Waals surface area contributed by atoms with Gasteiger partial charge in [-0.1, -0.05) is 30.3 Å². The van der Waals surface area contributed by atoms with Crippen molar-refractivity contribution in [2.75, 3.05) is 6.26 Å². The summed E-state index contributed by atoms with van der Waals surface area (Å²) in [5.74, 6) is 0. The molecule has 0 bridgehead atoms. The molecule has 0 aliphatic rings. The van der Waals surface area contributed by atoms with Gasteiger partial charge in [0.25, 0.3) is 0 Å². The van der Waals surface area contributed by atoms with Crippen molar-refractivity contribution in [3.8, 4) is 16.9 Å². The Hall–Kier alpha value is -2.40. The first-order chi connectivity index (χ1) is 10.1. The van der Waals surface area contributed by atoms with Gasteiger partial charge in [-0.15, -0.1) is 0 Å². The fraction of sp³-hybridized carbons (Fsp3) is 0.0625. The molecule has 1 heterocycles. The van der Waals surface area contributed by atoms with Gasteiger partial charge in [-0.2, -0.15) is 0 Å². The number of hydrogen-bond donors (Lipinski definition) is 0. The normalized spacial score (nSPS) is 11.5. The van der Waals surface area contributed by atoms with Crippen LogP contribution >= 0.6 is 0 Å². The zero-order valence-electron chi connectivity index (χ0n) is 11.5. The van der Waals surface area contributed by atoms with Gasteiger partial charge in [0.15, 0.2) is 9.84 Å². The molecule has 0 N–H and O–H groups in total. The van der Waals surface area contributed by atoms with E-state index in [1.807, 2.05) is 34.9 Å². The van der Waals surface area contributed by atoms with E-state index in [4.69, 9.17) is 0 Å². The van der Waals surface area contributed by atoms with Crippen LogP contribution in [0.4, 0.5) is 0 Å². The van der Waals surface area contributed by atoms with Crippen molar-refractivity contribution in [2.24, 2.45) is 0 Å². The predicted octanol–water partition coefficient (Wildman–Crippen LogP) is 2.94. The summed E-state index contributed by atoms with van der Waals surface area (Å²) in [6.07, 6.45) is 4.72. The predicted molar refractivity (Wildman–Crippen MR) is 82.1 cm³/mol. The van der Waals surface area contributed by atoms with E-state index in [-0.39, 0.29) is 0 Å². The number of imidazole rings is 1. The average Bonchev–Trinajstić information content (AvgIpc) is 2.97. The summed E-state index contributed by atoms with van der Waals surface area (Å²) < 4.78 is 25.0.